The third-order valence-electron chi connectivity index (χ3n) is 5.30. The van der Waals surface area contributed by atoms with Gasteiger partial charge in [0.15, 0.2) is 0 Å². The highest BCUT2D eigenvalue weighted by Crippen LogP contribution is 2.18. The highest BCUT2D eigenvalue weighted by atomic mass is 32.2. The van der Waals surface area contributed by atoms with Crippen LogP contribution in [0.5, 0.6) is 0 Å². The number of amides is 1. The molecule has 0 spiro atoms. The van der Waals surface area contributed by atoms with E-state index >= 15 is 0 Å². The number of carbonyl (C=O) groups is 1. The molecule has 1 amide bonds. The predicted molar refractivity (Wildman–Crippen MR) is 108 cm³/mol. The van der Waals surface area contributed by atoms with Gasteiger partial charge in [-0.15, -0.1) is 0 Å². The topological polar surface area (TPSA) is 78.5 Å². The van der Waals surface area contributed by atoms with Crippen LogP contribution in [0, 0.1) is 19.8 Å². The maximum atomic E-state index is 12.3. The van der Waals surface area contributed by atoms with Crippen LogP contribution in [0.25, 0.3) is 0 Å². The summed E-state index contributed by atoms with van der Waals surface area (Å²) in [7, 11) is -3.58. The summed E-state index contributed by atoms with van der Waals surface area (Å²) in [5.74, 6) is 0.358. The van der Waals surface area contributed by atoms with Gasteiger partial charge in [0.25, 0.3) is 0 Å². The molecule has 1 fully saturated rings. The van der Waals surface area contributed by atoms with E-state index in [1.165, 1.54) is 0 Å². The van der Waals surface area contributed by atoms with E-state index in [1.807, 2.05) is 13.8 Å². The number of likely N-dealkylation sites (tertiary alicyclic amines) is 1. The number of hydrogen-bond donors (Lipinski definition) is 2. The van der Waals surface area contributed by atoms with E-state index < -0.39 is 10.0 Å². The van der Waals surface area contributed by atoms with Crippen molar-refractivity contribution in [2.45, 2.75) is 57.9 Å². The van der Waals surface area contributed by atoms with Crippen molar-refractivity contribution in [3.8, 4) is 0 Å². The third kappa shape index (κ3) is 6.59. The lowest BCUT2D eigenvalue weighted by Crippen LogP contribution is -2.44. The molecule has 27 heavy (non-hydrogen) atoms. The average molecular weight is 396 g/mol. The van der Waals surface area contributed by atoms with E-state index in [1.54, 1.807) is 18.2 Å². The smallest absolute Gasteiger partial charge is 0.240 e. The van der Waals surface area contributed by atoms with Gasteiger partial charge in [-0.2, -0.15) is 0 Å². The fourth-order valence-corrected chi connectivity index (χ4v) is 4.46. The van der Waals surface area contributed by atoms with E-state index in [0.29, 0.717) is 18.5 Å². The zero-order chi connectivity index (χ0) is 20.0. The normalized spacial score (nSPS) is 18.6. The molecule has 1 aromatic carbocycles. The Morgan fingerprint density at radius 3 is 2.67 bits per heavy atom. The minimum Gasteiger partial charge on any atom is -0.356 e. The van der Waals surface area contributed by atoms with Crippen molar-refractivity contribution in [3.63, 3.8) is 0 Å². The monoisotopic (exact) mass is 395 g/mol. The van der Waals surface area contributed by atoms with Crippen LogP contribution in [-0.4, -0.2) is 51.4 Å². The maximum absolute atomic E-state index is 12.3. The second kappa shape index (κ2) is 9.66. The molecule has 1 unspecified atom stereocenters. The Labute approximate surface area is 163 Å². The molecule has 1 atom stereocenters. The third-order valence-corrected chi connectivity index (χ3v) is 6.76. The van der Waals surface area contributed by atoms with Gasteiger partial charge in [-0.3, -0.25) is 4.79 Å². The van der Waals surface area contributed by atoms with Gasteiger partial charge in [-0.25, -0.2) is 13.1 Å². The SMILES string of the molecule is Cc1ccc(S(=O)(=O)NCCC(=O)NCC2CCCN(C(C)C)C2)cc1C. The lowest BCUT2D eigenvalue weighted by Gasteiger charge is -2.35. The van der Waals surface area contributed by atoms with Crippen molar-refractivity contribution in [3.05, 3.63) is 29.3 Å². The molecule has 1 aliphatic heterocycles. The van der Waals surface area contributed by atoms with Crippen molar-refractivity contribution >= 4 is 15.9 Å². The number of piperidine rings is 1. The number of nitrogens with zero attached hydrogens (tertiary/aromatic N) is 1. The molecule has 7 heteroatoms. The lowest BCUT2D eigenvalue weighted by atomic mass is 9.97. The summed E-state index contributed by atoms with van der Waals surface area (Å²) in [6.45, 7) is 11.1. The Morgan fingerprint density at radius 1 is 1.26 bits per heavy atom. The Balaban J connectivity index is 1.74. The van der Waals surface area contributed by atoms with E-state index in [9.17, 15) is 13.2 Å². The van der Waals surface area contributed by atoms with Crippen LogP contribution in [-0.2, 0) is 14.8 Å². The molecule has 1 saturated heterocycles. The number of hydrogen-bond acceptors (Lipinski definition) is 4. The minimum absolute atomic E-state index is 0.101. The van der Waals surface area contributed by atoms with Crippen molar-refractivity contribution in [2.75, 3.05) is 26.2 Å². The first-order valence-electron chi connectivity index (χ1n) is 9.76. The molecule has 0 radical (unpaired) electrons. The van der Waals surface area contributed by atoms with Crippen molar-refractivity contribution in [1.29, 1.82) is 0 Å². The molecule has 2 rings (SSSR count). The number of aryl methyl sites for hydroxylation is 2. The summed E-state index contributed by atoms with van der Waals surface area (Å²) in [6, 6.07) is 5.57. The van der Waals surface area contributed by atoms with Crippen molar-refractivity contribution in [2.24, 2.45) is 5.92 Å². The summed E-state index contributed by atoms with van der Waals surface area (Å²) in [4.78, 5) is 14.7. The van der Waals surface area contributed by atoms with Crippen LogP contribution < -0.4 is 10.0 Å². The van der Waals surface area contributed by atoms with Crippen molar-refractivity contribution in [1.82, 2.24) is 14.9 Å². The number of nitrogens with one attached hydrogen (secondary N) is 2. The fraction of sp³-hybridized carbons (Fsp3) is 0.650. The van der Waals surface area contributed by atoms with Gasteiger partial charge < -0.3 is 10.2 Å². The highest BCUT2D eigenvalue weighted by molar-refractivity contribution is 7.89. The fourth-order valence-electron chi connectivity index (χ4n) is 3.34. The zero-order valence-corrected chi connectivity index (χ0v) is 17.7. The highest BCUT2D eigenvalue weighted by Gasteiger charge is 2.22. The summed E-state index contributed by atoms with van der Waals surface area (Å²) in [5.41, 5.74) is 1.98. The second-order valence-electron chi connectivity index (χ2n) is 7.79. The van der Waals surface area contributed by atoms with Crippen LogP contribution >= 0.6 is 0 Å². The molecule has 2 N–H and O–H groups in total. The molecule has 6 nitrogen and oxygen atoms in total. The molecular weight excluding hydrogens is 362 g/mol. The molecule has 0 aromatic heterocycles. The summed E-state index contributed by atoms with van der Waals surface area (Å²) >= 11 is 0. The molecule has 152 valence electrons. The molecule has 1 heterocycles. The van der Waals surface area contributed by atoms with Gasteiger partial charge in [0.1, 0.15) is 0 Å². The summed E-state index contributed by atoms with van der Waals surface area (Å²) in [6.07, 6.45) is 2.43. The van der Waals surface area contributed by atoms with Crippen LogP contribution in [0.15, 0.2) is 23.1 Å². The molecule has 0 saturated carbocycles. The number of rotatable bonds is 8. The lowest BCUT2D eigenvalue weighted by molar-refractivity contribution is -0.121. The second-order valence-corrected chi connectivity index (χ2v) is 9.56. The van der Waals surface area contributed by atoms with Crippen LogP contribution in [0.1, 0.15) is 44.2 Å². The first-order valence-corrected chi connectivity index (χ1v) is 11.2. The Hall–Kier alpha value is -1.44. The Bertz CT molecular complexity index is 747. The maximum Gasteiger partial charge on any atom is 0.240 e. The standard InChI is InChI=1S/C20H33N3O3S/c1-15(2)23-11-5-6-18(14-23)13-21-20(24)9-10-22-27(25,26)19-8-7-16(3)17(4)12-19/h7-8,12,15,18,22H,5-6,9-11,13-14H2,1-4H3,(H,21,24). The predicted octanol–water partition coefficient (Wildman–Crippen LogP) is 2.21. The molecule has 1 aromatic rings. The largest absolute Gasteiger partial charge is 0.356 e. The van der Waals surface area contributed by atoms with Gasteiger partial charge >= 0.3 is 0 Å². The van der Waals surface area contributed by atoms with Gasteiger partial charge in [-0.05, 0) is 76.3 Å². The van der Waals surface area contributed by atoms with Crippen molar-refractivity contribution < 1.29 is 13.2 Å². The van der Waals surface area contributed by atoms with Gasteiger partial charge in [0.05, 0.1) is 4.90 Å². The summed E-state index contributed by atoms with van der Waals surface area (Å²) in [5, 5.41) is 2.95. The van der Waals surface area contributed by atoms with Crippen LogP contribution in [0.2, 0.25) is 0 Å². The minimum atomic E-state index is -3.58. The first-order chi connectivity index (χ1) is 12.7. The van der Waals surface area contributed by atoms with Gasteiger partial charge in [-0.1, -0.05) is 6.07 Å². The number of sulfonamides is 1. The van der Waals surface area contributed by atoms with E-state index in [0.717, 1.165) is 37.1 Å². The Morgan fingerprint density at radius 2 is 2.00 bits per heavy atom. The van der Waals surface area contributed by atoms with Crippen LogP contribution in [0.3, 0.4) is 0 Å². The zero-order valence-electron chi connectivity index (χ0n) is 16.9. The molecular formula is C20H33N3O3S. The van der Waals surface area contributed by atoms with E-state index in [4.69, 9.17) is 0 Å². The van der Waals surface area contributed by atoms with E-state index in [-0.39, 0.29) is 23.8 Å². The summed E-state index contributed by atoms with van der Waals surface area (Å²) < 4.78 is 27.2. The van der Waals surface area contributed by atoms with Gasteiger partial charge in [0.2, 0.25) is 15.9 Å². The number of carbonyl (C=O) groups excluding carboxylic acids is 1. The first kappa shape index (κ1) is 21.9. The molecule has 0 bridgehead atoms. The van der Waals surface area contributed by atoms with Crippen LogP contribution in [0.4, 0.5) is 0 Å². The molecule has 0 aliphatic carbocycles. The number of benzene rings is 1. The Kier molecular flexibility index (Phi) is 7.82. The van der Waals surface area contributed by atoms with Gasteiger partial charge in [0, 0.05) is 32.1 Å². The quantitative estimate of drug-likeness (QED) is 0.707. The molecule has 1 aliphatic rings. The average Bonchev–Trinajstić information content (AvgIpc) is 2.62. The van der Waals surface area contributed by atoms with E-state index in [2.05, 4.69) is 28.8 Å².